The zero-order valence-electron chi connectivity index (χ0n) is 12.8. The van der Waals surface area contributed by atoms with Crippen LogP contribution in [-0.2, 0) is 9.53 Å². The van der Waals surface area contributed by atoms with E-state index in [9.17, 15) is 4.79 Å². The van der Waals surface area contributed by atoms with E-state index in [0.29, 0.717) is 19.6 Å². The van der Waals surface area contributed by atoms with Gasteiger partial charge in [0.2, 0.25) is 5.91 Å². The van der Waals surface area contributed by atoms with Gasteiger partial charge < -0.3 is 15.4 Å². The molecule has 1 aliphatic carbocycles. The third kappa shape index (κ3) is 2.95. The first kappa shape index (κ1) is 14.8. The molecule has 0 aromatic rings. The van der Waals surface area contributed by atoms with Crippen molar-refractivity contribution in [2.24, 2.45) is 11.1 Å². The van der Waals surface area contributed by atoms with Crippen LogP contribution >= 0.6 is 0 Å². The highest BCUT2D eigenvalue weighted by Crippen LogP contribution is 2.40. The number of nitrogens with two attached hydrogens (primary N) is 1. The van der Waals surface area contributed by atoms with Gasteiger partial charge in [-0.2, -0.15) is 0 Å². The number of hydrogen-bond donors (Lipinski definition) is 1. The maximum Gasteiger partial charge on any atom is 0.230 e. The van der Waals surface area contributed by atoms with E-state index in [0.717, 1.165) is 25.7 Å². The molecule has 0 aromatic carbocycles. The first-order valence-corrected chi connectivity index (χ1v) is 7.39. The average molecular weight is 268 g/mol. The van der Waals surface area contributed by atoms with Gasteiger partial charge in [-0.3, -0.25) is 4.79 Å². The van der Waals surface area contributed by atoms with Gasteiger partial charge >= 0.3 is 0 Å². The molecule has 110 valence electrons. The molecule has 0 unspecified atom stereocenters. The van der Waals surface area contributed by atoms with E-state index in [-0.39, 0.29) is 22.5 Å². The molecule has 1 amide bonds. The Morgan fingerprint density at radius 2 is 1.58 bits per heavy atom. The van der Waals surface area contributed by atoms with Gasteiger partial charge in [0.1, 0.15) is 0 Å². The molecule has 4 nitrogen and oxygen atoms in total. The summed E-state index contributed by atoms with van der Waals surface area (Å²) in [6, 6.07) is 0. The van der Waals surface area contributed by atoms with Gasteiger partial charge in [0.05, 0.1) is 16.6 Å². The molecule has 1 heterocycles. The van der Waals surface area contributed by atoms with Crippen molar-refractivity contribution in [3.63, 3.8) is 0 Å². The van der Waals surface area contributed by atoms with Crippen LogP contribution in [0.15, 0.2) is 0 Å². The van der Waals surface area contributed by atoms with Crippen molar-refractivity contribution in [3.8, 4) is 0 Å². The lowest BCUT2D eigenvalue weighted by Gasteiger charge is -2.49. The van der Waals surface area contributed by atoms with E-state index in [2.05, 4.69) is 27.7 Å². The molecule has 2 fully saturated rings. The Labute approximate surface area is 116 Å². The Balaban J connectivity index is 2.18. The summed E-state index contributed by atoms with van der Waals surface area (Å²) in [6.07, 6.45) is 4.14. The SMILES string of the molecule is CC1(C)CN(C(=O)C2(CN)CCCC2)CC(C)(C)O1. The van der Waals surface area contributed by atoms with Gasteiger partial charge in [0.25, 0.3) is 0 Å². The normalized spacial score (nSPS) is 28.4. The molecule has 1 saturated carbocycles. The molecule has 0 aromatic heterocycles. The maximum atomic E-state index is 12.9. The van der Waals surface area contributed by atoms with Crippen molar-refractivity contribution >= 4 is 5.91 Å². The Hall–Kier alpha value is -0.610. The predicted molar refractivity (Wildman–Crippen MR) is 75.8 cm³/mol. The second-order valence-corrected chi connectivity index (χ2v) is 7.47. The first-order valence-electron chi connectivity index (χ1n) is 7.39. The summed E-state index contributed by atoms with van der Waals surface area (Å²) in [4.78, 5) is 14.9. The van der Waals surface area contributed by atoms with E-state index in [1.807, 2.05) is 4.90 Å². The second-order valence-electron chi connectivity index (χ2n) is 7.47. The van der Waals surface area contributed by atoms with Crippen LogP contribution < -0.4 is 5.73 Å². The van der Waals surface area contributed by atoms with Gasteiger partial charge in [-0.1, -0.05) is 12.8 Å². The van der Waals surface area contributed by atoms with Gasteiger partial charge in [0, 0.05) is 19.6 Å². The number of ether oxygens (including phenoxy) is 1. The van der Waals surface area contributed by atoms with Crippen LogP contribution in [0.1, 0.15) is 53.4 Å². The molecule has 2 rings (SSSR count). The highest BCUT2D eigenvalue weighted by atomic mass is 16.5. The molecular formula is C15H28N2O2. The Morgan fingerprint density at radius 3 is 2.00 bits per heavy atom. The lowest BCUT2D eigenvalue weighted by Crippen LogP contribution is -2.61. The molecule has 0 radical (unpaired) electrons. The third-order valence-electron chi connectivity index (χ3n) is 4.39. The van der Waals surface area contributed by atoms with E-state index >= 15 is 0 Å². The zero-order valence-corrected chi connectivity index (χ0v) is 12.8. The molecule has 19 heavy (non-hydrogen) atoms. The molecule has 1 saturated heterocycles. The van der Waals surface area contributed by atoms with Crippen molar-refractivity contribution in [3.05, 3.63) is 0 Å². The van der Waals surface area contributed by atoms with Gasteiger partial charge in [0.15, 0.2) is 0 Å². The van der Waals surface area contributed by atoms with E-state index in [1.165, 1.54) is 0 Å². The van der Waals surface area contributed by atoms with Crippen LogP contribution in [0, 0.1) is 5.41 Å². The summed E-state index contributed by atoms with van der Waals surface area (Å²) in [7, 11) is 0. The molecule has 1 aliphatic heterocycles. The minimum Gasteiger partial charge on any atom is -0.366 e. The molecule has 2 aliphatic rings. The Morgan fingerprint density at radius 1 is 1.11 bits per heavy atom. The van der Waals surface area contributed by atoms with E-state index in [4.69, 9.17) is 10.5 Å². The second kappa shape index (κ2) is 4.74. The van der Waals surface area contributed by atoms with Crippen LogP contribution in [0.4, 0.5) is 0 Å². The number of carbonyl (C=O) groups is 1. The first-order chi connectivity index (χ1) is 8.70. The number of hydrogen-bond acceptors (Lipinski definition) is 3. The smallest absolute Gasteiger partial charge is 0.230 e. The van der Waals surface area contributed by atoms with Gasteiger partial charge in [-0.25, -0.2) is 0 Å². The predicted octanol–water partition coefficient (Wildman–Crippen LogP) is 1.92. The Bertz CT molecular complexity index is 341. The Kier molecular flexibility index (Phi) is 3.69. The number of carbonyl (C=O) groups excluding carboxylic acids is 1. The summed E-state index contributed by atoms with van der Waals surface area (Å²) in [5.74, 6) is 0.247. The average Bonchev–Trinajstić information content (AvgIpc) is 2.73. The van der Waals surface area contributed by atoms with Crippen LogP contribution in [0.25, 0.3) is 0 Å². The third-order valence-corrected chi connectivity index (χ3v) is 4.39. The molecule has 2 N–H and O–H groups in total. The number of nitrogens with zero attached hydrogens (tertiary/aromatic N) is 1. The molecule has 4 heteroatoms. The number of morpholine rings is 1. The summed E-state index contributed by atoms with van der Waals surface area (Å²) in [5.41, 5.74) is 5.06. The van der Waals surface area contributed by atoms with Crippen LogP contribution in [0.2, 0.25) is 0 Å². The van der Waals surface area contributed by atoms with E-state index in [1.54, 1.807) is 0 Å². The topological polar surface area (TPSA) is 55.6 Å². The lowest BCUT2D eigenvalue weighted by atomic mass is 9.83. The quantitative estimate of drug-likeness (QED) is 0.832. The highest BCUT2D eigenvalue weighted by molar-refractivity contribution is 5.83. The summed E-state index contributed by atoms with van der Waals surface area (Å²) in [6.45, 7) is 10.0. The zero-order chi connectivity index (χ0) is 14.3. The van der Waals surface area contributed by atoms with Gasteiger partial charge in [-0.05, 0) is 40.5 Å². The van der Waals surface area contributed by atoms with Gasteiger partial charge in [-0.15, -0.1) is 0 Å². The minimum atomic E-state index is -0.302. The summed E-state index contributed by atoms with van der Waals surface area (Å²) < 4.78 is 6.05. The lowest BCUT2D eigenvalue weighted by molar-refractivity contribution is -0.192. The van der Waals surface area contributed by atoms with Crippen LogP contribution in [0.5, 0.6) is 0 Å². The summed E-state index contributed by atoms with van der Waals surface area (Å²) in [5, 5.41) is 0. The number of rotatable bonds is 2. The molecular weight excluding hydrogens is 240 g/mol. The van der Waals surface area contributed by atoms with Crippen molar-refractivity contribution in [1.82, 2.24) is 4.90 Å². The fraction of sp³-hybridized carbons (Fsp3) is 0.933. The summed E-state index contributed by atoms with van der Waals surface area (Å²) >= 11 is 0. The minimum absolute atomic E-state index is 0.247. The highest BCUT2D eigenvalue weighted by Gasteiger charge is 2.47. The molecule has 0 spiro atoms. The fourth-order valence-electron chi connectivity index (χ4n) is 3.82. The molecule has 0 atom stereocenters. The van der Waals surface area contributed by atoms with Crippen molar-refractivity contribution in [1.29, 1.82) is 0 Å². The van der Waals surface area contributed by atoms with E-state index < -0.39 is 0 Å². The number of amides is 1. The largest absolute Gasteiger partial charge is 0.366 e. The standard InChI is InChI=1S/C15H28N2O2/c1-13(2)10-17(11-14(3,4)19-13)12(18)15(9-16)7-5-6-8-15/h5-11,16H2,1-4H3. The molecule has 0 bridgehead atoms. The fourth-order valence-corrected chi connectivity index (χ4v) is 3.82. The van der Waals surface area contributed by atoms with Crippen molar-refractivity contribution in [2.75, 3.05) is 19.6 Å². The van der Waals surface area contributed by atoms with Crippen LogP contribution in [-0.4, -0.2) is 41.6 Å². The van der Waals surface area contributed by atoms with Crippen molar-refractivity contribution in [2.45, 2.75) is 64.6 Å². The monoisotopic (exact) mass is 268 g/mol. The maximum absolute atomic E-state index is 12.9. The van der Waals surface area contributed by atoms with Crippen molar-refractivity contribution < 1.29 is 9.53 Å². The van der Waals surface area contributed by atoms with Crippen LogP contribution in [0.3, 0.4) is 0 Å².